The third kappa shape index (κ3) is 2.64. The number of aryl methyl sites for hydroxylation is 2. The maximum Gasteiger partial charge on any atom is 0.147 e. The van der Waals surface area contributed by atoms with E-state index >= 15 is 0 Å². The summed E-state index contributed by atoms with van der Waals surface area (Å²) in [5.74, 6) is 0.882. The first-order valence-electron chi connectivity index (χ1n) is 7.52. The van der Waals surface area contributed by atoms with Crippen molar-refractivity contribution in [1.82, 2.24) is 4.98 Å². The molecule has 0 aromatic carbocycles. The number of rotatable bonds is 5. The molecule has 0 atom stereocenters. The van der Waals surface area contributed by atoms with Gasteiger partial charge in [-0.2, -0.15) is 5.26 Å². The highest BCUT2D eigenvalue weighted by molar-refractivity contribution is 5.57. The molecule has 106 valence electrons. The van der Waals surface area contributed by atoms with Gasteiger partial charge < -0.3 is 9.64 Å². The fourth-order valence-electron chi connectivity index (χ4n) is 2.96. The van der Waals surface area contributed by atoms with Crippen molar-refractivity contribution in [3.05, 3.63) is 22.9 Å². The Bertz CT molecular complexity index is 531. The Morgan fingerprint density at radius 2 is 2.20 bits per heavy atom. The zero-order valence-corrected chi connectivity index (χ0v) is 12.1. The molecule has 0 radical (unpaired) electrons. The van der Waals surface area contributed by atoms with E-state index in [9.17, 15) is 5.26 Å². The van der Waals surface area contributed by atoms with Crippen molar-refractivity contribution < 1.29 is 4.74 Å². The zero-order valence-electron chi connectivity index (χ0n) is 12.1. The number of hydrogen-bond donors (Lipinski definition) is 0. The SMILES string of the molecule is COCCN(c1nc2c(cc1C#N)CCCC2)C1CC1. The van der Waals surface area contributed by atoms with Gasteiger partial charge in [0.25, 0.3) is 0 Å². The minimum Gasteiger partial charge on any atom is -0.383 e. The minimum absolute atomic E-state index is 0.548. The molecule has 4 nitrogen and oxygen atoms in total. The molecule has 1 fully saturated rings. The van der Waals surface area contributed by atoms with Crippen molar-refractivity contribution >= 4 is 5.82 Å². The second-order valence-corrected chi connectivity index (χ2v) is 5.70. The van der Waals surface area contributed by atoms with Crippen LogP contribution in [0.1, 0.15) is 42.5 Å². The number of ether oxygens (including phenoxy) is 1. The minimum atomic E-state index is 0.548. The van der Waals surface area contributed by atoms with E-state index in [1.54, 1.807) is 7.11 Å². The van der Waals surface area contributed by atoms with Gasteiger partial charge in [0.05, 0.1) is 12.2 Å². The standard InChI is InChI=1S/C16H21N3O/c1-20-9-8-19(14-6-7-14)16-13(11-17)10-12-4-2-3-5-15(12)18-16/h10,14H,2-9H2,1H3. The Hall–Kier alpha value is -1.60. The summed E-state index contributed by atoms with van der Waals surface area (Å²) in [6.45, 7) is 1.50. The summed E-state index contributed by atoms with van der Waals surface area (Å²) in [6.07, 6.45) is 6.96. The molecule has 20 heavy (non-hydrogen) atoms. The van der Waals surface area contributed by atoms with Gasteiger partial charge in [-0.25, -0.2) is 4.98 Å². The molecule has 2 aliphatic carbocycles. The van der Waals surface area contributed by atoms with Crippen molar-refractivity contribution in [2.75, 3.05) is 25.2 Å². The van der Waals surface area contributed by atoms with E-state index in [-0.39, 0.29) is 0 Å². The molecule has 3 rings (SSSR count). The van der Waals surface area contributed by atoms with Gasteiger partial charge in [0.1, 0.15) is 11.9 Å². The van der Waals surface area contributed by atoms with Gasteiger partial charge in [-0.3, -0.25) is 0 Å². The van der Waals surface area contributed by atoms with Crippen LogP contribution in [-0.4, -0.2) is 31.3 Å². The fraction of sp³-hybridized carbons (Fsp3) is 0.625. The topological polar surface area (TPSA) is 49.1 Å². The summed E-state index contributed by atoms with van der Waals surface area (Å²) in [5.41, 5.74) is 3.21. The van der Waals surface area contributed by atoms with Crippen molar-refractivity contribution in [3.63, 3.8) is 0 Å². The Labute approximate surface area is 120 Å². The van der Waals surface area contributed by atoms with Crippen LogP contribution in [0.2, 0.25) is 0 Å². The number of pyridine rings is 1. The van der Waals surface area contributed by atoms with Crippen LogP contribution in [0.15, 0.2) is 6.07 Å². The van der Waals surface area contributed by atoms with Gasteiger partial charge in [-0.1, -0.05) is 0 Å². The highest BCUT2D eigenvalue weighted by Crippen LogP contribution is 2.34. The predicted octanol–water partition coefficient (Wildman–Crippen LogP) is 2.45. The lowest BCUT2D eigenvalue weighted by atomic mass is 9.95. The first kappa shape index (κ1) is 13.4. The van der Waals surface area contributed by atoms with E-state index in [2.05, 4.69) is 17.0 Å². The van der Waals surface area contributed by atoms with Gasteiger partial charge in [0.15, 0.2) is 0 Å². The molecule has 0 amide bonds. The van der Waals surface area contributed by atoms with Gasteiger partial charge in [-0.15, -0.1) is 0 Å². The van der Waals surface area contributed by atoms with E-state index < -0.39 is 0 Å². The lowest BCUT2D eigenvalue weighted by Crippen LogP contribution is -2.31. The molecule has 0 spiro atoms. The van der Waals surface area contributed by atoms with Crippen molar-refractivity contribution in [3.8, 4) is 6.07 Å². The summed E-state index contributed by atoms with van der Waals surface area (Å²) < 4.78 is 5.21. The van der Waals surface area contributed by atoms with Crippen LogP contribution >= 0.6 is 0 Å². The quantitative estimate of drug-likeness (QED) is 0.825. The molecule has 1 heterocycles. The number of anilines is 1. The average molecular weight is 271 g/mol. The van der Waals surface area contributed by atoms with Crippen molar-refractivity contribution in [2.45, 2.75) is 44.6 Å². The normalized spacial score (nSPS) is 17.4. The average Bonchev–Trinajstić information content (AvgIpc) is 3.31. The Morgan fingerprint density at radius 3 is 2.90 bits per heavy atom. The Balaban J connectivity index is 1.95. The van der Waals surface area contributed by atoms with Gasteiger partial charge in [0, 0.05) is 25.4 Å². The molecule has 2 aliphatic rings. The molecular weight excluding hydrogens is 250 g/mol. The van der Waals surface area contributed by atoms with E-state index in [1.165, 1.54) is 36.9 Å². The second kappa shape index (κ2) is 5.80. The highest BCUT2D eigenvalue weighted by atomic mass is 16.5. The van der Waals surface area contributed by atoms with Gasteiger partial charge >= 0.3 is 0 Å². The van der Waals surface area contributed by atoms with Crippen LogP contribution in [0.3, 0.4) is 0 Å². The smallest absolute Gasteiger partial charge is 0.147 e. The van der Waals surface area contributed by atoms with Gasteiger partial charge in [-0.05, 0) is 50.2 Å². The first-order chi connectivity index (χ1) is 9.83. The molecule has 1 saturated carbocycles. The summed E-state index contributed by atoms with van der Waals surface area (Å²) in [7, 11) is 1.72. The Kier molecular flexibility index (Phi) is 3.88. The molecule has 0 unspecified atom stereocenters. The lowest BCUT2D eigenvalue weighted by Gasteiger charge is -2.26. The van der Waals surface area contributed by atoms with Gasteiger partial charge in [0.2, 0.25) is 0 Å². The van der Waals surface area contributed by atoms with E-state index in [0.717, 1.165) is 30.8 Å². The molecule has 1 aromatic heterocycles. The number of fused-ring (bicyclic) bond motifs is 1. The number of hydrogen-bond acceptors (Lipinski definition) is 4. The van der Waals surface area contributed by atoms with E-state index in [0.29, 0.717) is 12.6 Å². The van der Waals surface area contributed by atoms with Crippen LogP contribution < -0.4 is 4.90 Å². The van der Waals surface area contributed by atoms with Crippen molar-refractivity contribution in [2.24, 2.45) is 0 Å². The molecule has 0 N–H and O–H groups in total. The van der Waals surface area contributed by atoms with Crippen molar-refractivity contribution in [1.29, 1.82) is 5.26 Å². The molecule has 0 saturated heterocycles. The van der Waals surface area contributed by atoms with E-state index in [1.807, 2.05) is 0 Å². The van der Waals surface area contributed by atoms with E-state index in [4.69, 9.17) is 9.72 Å². The number of nitriles is 1. The summed E-state index contributed by atoms with van der Waals surface area (Å²) in [4.78, 5) is 7.12. The molecular formula is C16H21N3O. The number of nitrogens with zero attached hydrogens (tertiary/aromatic N) is 3. The largest absolute Gasteiger partial charge is 0.383 e. The maximum atomic E-state index is 9.45. The molecule has 0 bridgehead atoms. The predicted molar refractivity (Wildman–Crippen MR) is 77.8 cm³/mol. The summed E-state index contributed by atoms with van der Waals surface area (Å²) in [5, 5.41) is 9.45. The fourth-order valence-corrected chi connectivity index (χ4v) is 2.96. The zero-order chi connectivity index (χ0) is 13.9. The first-order valence-corrected chi connectivity index (χ1v) is 7.52. The van der Waals surface area contributed by atoms with Crippen LogP contribution in [-0.2, 0) is 17.6 Å². The summed E-state index contributed by atoms with van der Waals surface area (Å²) >= 11 is 0. The second-order valence-electron chi connectivity index (χ2n) is 5.70. The lowest BCUT2D eigenvalue weighted by molar-refractivity contribution is 0.204. The van der Waals surface area contributed by atoms with Crippen LogP contribution in [0, 0.1) is 11.3 Å². The maximum absolute atomic E-state index is 9.45. The third-order valence-corrected chi connectivity index (χ3v) is 4.20. The van der Waals surface area contributed by atoms with Crippen LogP contribution in [0.5, 0.6) is 0 Å². The molecule has 1 aromatic rings. The molecule has 4 heteroatoms. The Morgan fingerprint density at radius 1 is 1.40 bits per heavy atom. The highest BCUT2D eigenvalue weighted by Gasteiger charge is 2.32. The van der Waals surface area contributed by atoms with Crippen LogP contribution in [0.25, 0.3) is 0 Å². The molecule has 0 aliphatic heterocycles. The number of methoxy groups -OCH3 is 1. The number of aromatic nitrogens is 1. The summed E-state index contributed by atoms with van der Waals surface area (Å²) in [6, 6.07) is 4.96. The van der Waals surface area contributed by atoms with Crippen LogP contribution in [0.4, 0.5) is 5.82 Å². The monoisotopic (exact) mass is 271 g/mol. The third-order valence-electron chi connectivity index (χ3n) is 4.20.